The Bertz CT molecular complexity index is 259. The fourth-order valence-electron chi connectivity index (χ4n) is 1.14. The topological polar surface area (TPSA) is 20.2 Å². The summed E-state index contributed by atoms with van der Waals surface area (Å²) in [5.41, 5.74) is 0. The lowest BCUT2D eigenvalue weighted by molar-refractivity contribution is 0.115. The molecule has 1 aromatic heterocycles. The molecule has 1 heterocycles. The van der Waals surface area contributed by atoms with Crippen LogP contribution in [0.5, 0.6) is 0 Å². The highest BCUT2D eigenvalue weighted by Crippen LogP contribution is 2.24. The van der Waals surface area contributed by atoms with E-state index in [9.17, 15) is 5.11 Å². The fourth-order valence-corrected chi connectivity index (χ4v) is 2.67. The maximum Gasteiger partial charge on any atom is 0.0701 e. The van der Waals surface area contributed by atoms with Crippen molar-refractivity contribution >= 4 is 27.3 Å². The Hall–Kier alpha value is 0.140. The van der Waals surface area contributed by atoms with Crippen LogP contribution in [0.2, 0.25) is 0 Å². The minimum Gasteiger partial charge on any atom is -0.392 e. The summed E-state index contributed by atoms with van der Waals surface area (Å²) in [6, 6.07) is 4.10. The molecule has 13 heavy (non-hydrogen) atoms. The lowest BCUT2D eigenvalue weighted by Gasteiger charge is -2.15. The second-order valence-electron chi connectivity index (χ2n) is 3.36. The zero-order valence-corrected chi connectivity index (χ0v) is 10.4. The van der Waals surface area contributed by atoms with Crippen molar-refractivity contribution in [2.24, 2.45) is 5.92 Å². The van der Waals surface area contributed by atoms with Gasteiger partial charge in [-0.3, -0.25) is 0 Å². The zero-order valence-electron chi connectivity index (χ0n) is 7.96. The number of hydrogen-bond donors (Lipinski definition) is 1. The Morgan fingerprint density at radius 2 is 2.23 bits per heavy atom. The molecule has 0 aliphatic heterocycles. The van der Waals surface area contributed by atoms with E-state index in [0.717, 1.165) is 16.6 Å². The van der Waals surface area contributed by atoms with Crippen LogP contribution in [0.15, 0.2) is 15.9 Å². The van der Waals surface area contributed by atoms with Gasteiger partial charge in [-0.25, -0.2) is 0 Å². The van der Waals surface area contributed by atoms with Gasteiger partial charge in [-0.05, 0) is 34.0 Å². The van der Waals surface area contributed by atoms with Crippen LogP contribution in [0.25, 0.3) is 0 Å². The Morgan fingerprint density at radius 3 is 2.69 bits per heavy atom. The fraction of sp³-hybridized carbons (Fsp3) is 0.600. The molecule has 0 spiro atoms. The number of aliphatic hydroxyl groups is 1. The molecule has 1 nitrogen and oxygen atoms in total. The highest BCUT2D eigenvalue weighted by molar-refractivity contribution is 9.11. The van der Waals surface area contributed by atoms with Crippen molar-refractivity contribution < 1.29 is 5.11 Å². The van der Waals surface area contributed by atoms with E-state index in [1.165, 1.54) is 4.88 Å². The molecule has 0 saturated heterocycles. The summed E-state index contributed by atoms with van der Waals surface area (Å²) in [5.74, 6) is 0.390. The van der Waals surface area contributed by atoms with Gasteiger partial charge in [0.15, 0.2) is 0 Å². The molecule has 0 aromatic carbocycles. The molecule has 1 N–H and O–H groups in total. The van der Waals surface area contributed by atoms with Gasteiger partial charge in [0.1, 0.15) is 0 Å². The monoisotopic (exact) mass is 262 g/mol. The minimum atomic E-state index is -0.199. The molecule has 1 aromatic rings. The maximum absolute atomic E-state index is 9.77. The van der Waals surface area contributed by atoms with E-state index < -0.39 is 0 Å². The molecule has 0 fully saturated rings. The standard InChI is InChI=1S/C10H15BrOS/c1-3-7(2)9(12)6-8-4-5-10(11)13-8/h4-5,7,9,12H,3,6H2,1-2H3. The van der Waals surface area contributed by atoms with E-state index in [0.29, 0.717) is 5.92 Å². The number of halogens is 1. The first-order valence-electron chi connectivity index (χ1n) is 4.55. The Morgan fingerprint density at radius 1 is 1.54 bits per heavy atom. The summed E-state index contributed by atoms with van der Waals surface area (Å²) in [7, 11) is 0. The zero-order chi connectivity index (χ0) is 9.84. The van der Waals surface area contributed by atoms with Gasteiger partial charge in [-0.1, -0.05) is 20.3 Å². The van der Waals surface area contributed by atoms with Crippen molar-refractivity contribution in [1.29, 1.82) is 0 Å². The third-order valence-electron chi connectivity index (χ3n) is 2.34. The van der Waals surface area contributed by atoms with E-state index in [1.54, 1.807) is 11.3 Å². The molecule has 0 saturated carbocycles. The quantitative estimate of drug-likeness (QED) is 0.882. The van der Waals surface area contributed by atoms with Crippen molar-refractivity contribution in [2.45, 2.75) is 32.8 Å². The first kappa shape index (κ1) is 11.2. The predicted molar refractivity (Wildman–Crippen MR) is 61.2 cm³/mol. The molecule has 0 radical (unpaired) electrons. The molecule has 0 aliphatic rings. The molecular formula is C10H15BrOS. The van der Waals surface area contributed by atoms with Crippen LogP contribution >= 0.6 is 27.3 Å². The van der Waals surface area contributed by atoms with Crippen LogP contribution in [-0.4, -0.2) is 11.2 Å². The van der Waals surface area contributed by atoms with Gasteiger partial charge >= 0.3 is 0 Å². The normalized spacial score (nSPS) is 15.7. The van der Waals surface area contributed by atoms with Gasteiger partial charge in [0.2, 0.25) is 0 Å². The highest BCUT2D eigenvalue weighted by atomic mass is 79.9. The summed E-state index contributed by atoms with van der Waals surface area (Å²) < 4.78 is 1.14. The van der Waals surface area contributed by atoms with Crippen molar-refractivity contribution in [2.75, 3.05) is 0 Å². The minimum absolute atomic E-state index is 0.199. The highest BCUT2D eigenvalue weighted by Gasteiger charge is 2.13. The van der Waals surface area contributed by atoms with Crippen molar-refractivity contribution in [1.82, 2.24) is 0 Å². The van der Waals surface area contributed by atoms with Crippen LogP contribution in [0, 0.1) is 5.92 Å². The number of hydrogen-bond acceptors (Lipinski definition) is 2. The summed E-state index contributed by atoms with van der Waals surface area (Å²) in [6.07, 6.45) is 1.62. The Kier molecular flexibility index (Phi) is 4.42. The first-order valence-corrected chi connectivity index (χ1v) is 6.16. The van der Waals surface area contributed by atoms with Crippen LogP contribution in [0.4, 0.5) is 0 Å². The maximum atomic E-state index is 9.77. The third kappa shape index (κ3) is 3.41. The Labute approximate surface area is 91.9 Å². The van der Waals surface area contributed by atoms with Gasteiger partial charge in [-0.15, -0.1) is 11.3 Å². The van der Waals surface area contributed by atoms with Gasteiger partial charge in [0.05, 0.1) is 9.89 Å². The second-order valence-corrected chi connectivity index (χ2v) is 5.91. The summed E-state index contributed by atoms with van der Waals surface area (Å²) in [5, 5.41) is 9.77. The van der Waals surface area contributed by atoms with E-state index in [1.807, 2.05) is 6.07 Å². The van der Waals surface area contributed by atoms with E-state index >= 15 is 0 Å². The molecule has 0 aliphatic carbocycles. The number of rotatable bonds is 4. The van der Waals surface area contributed by atoms with Crippen molar-refractivity contribution in [3.8, 4) is 0 Å². The van der Waals surface area contributed by atoms with Crippen molar-refractivity contribution in [3.63, 3.8) is 0 Å². The molecule has 2 unspecified atom stereocenters. The number of aliphatic hydroxyl groups excluding tert-OH is 1. The first-order chi connectivity index (χ1) is 6.13. The van der Waals surface area contributed by atoms with Gasteiger partial charge in [-0.2, -0.15) is 0 Å². The van der Waals surface area contributed by atoms with Crippen LogP contribution in [0.1, 0.15) is 25.1 Å². The molecule has 2 atom stereocenters. The smallest absolute Gasteiger partial charge is 0.0701 e. The average Bonchev–Trinajstić information content (AvgIpc) is 2.49. The molecule has 0 bridgehead atoms. The van der Waals surface area contributed by atoms with Gasteiger partial charge in [0, 0.05) is 11.3 Å². The number of thiophene rings is 1. The molecule has 3 heteroatoms. The molecule has 74 valence electrons. The average molecular weight is 263 g/mol. The van der Waals surface area contributed by atoms with E-state index in [4.69, 9.17) is 0 Å². The lowest BCUT2D eigenvalue weighted by atomic mass is 9.99. The SMILES string of the molecule is CCC(C)C(O)Cc1ccc(Br)s1. The van der Waals surface area contributed by atoms with E-state index in [-0.39, 0.29) is 6.10 Å². The third-order valence-corrected chi connectivity index (χ3v) is 3.99. The van der Waals surface area contributed by atoms with Gasteiger partial charge < -0.3 is 5.11 Å². The van der Waals surface area contributed by atoms with Crippen LogP contribution in [-0.2, 0) is 6.42 Å². The van der Waals surface area contributed by atoms with E-state index in [2.05, 4.69) is 35.8 Å². The molecular weight excluding hydrogens is 248 g/mol. The second kappa shape index (κ2) is 5.13. The lowest BCUT2D eigenvalue weighted by Crippen LogP contribution is -2.18. The molecule has 0 amide bonds. The predicted octanol–water partition coefficient (Wildman–Crippen LogP) is 3.46. The summed E-state index contributed by atoms with van der Waals surface area (Å²) in [6.45, 7) is 4.20. The summed E-state index contributed by atoms with van der Waals surface area (Å²) in [4.78, 5) is 1.25. The molecule has 1 rings (SSSR count). The van der Waals surface area contributed by atoms with Gasteiger partial charge in [0.25, 0.3) is 0 Å². The largest absolute Gasteiger partial charge is 0.392 e. The van der Waals surface area contributed by atoms with Crippen LogP contribution < -0.4 is 0 Å². The van der Waals surface area contributed by atoms with Crippen molar-refractivity contribution in [3.05, 3.63) is 20.8 Å². The van der Waals surface area contributed by atoms with Crippen LogP contribution in [0.3, 0.4) is 0 Å². The Balaban J connectivity index is 2.49. The summed E-state index contributed by atoms with van der Waals surface area (Å²) >= 11 is 5.11.